The topological polar surface area (TPSA) is 69.0 Å². The summed E-state index contributed by atoms with van der Waals surface area (Å²) in [6.45, 7) is 10.2. The van der Waals surface area contributed by atoms with E-state index in [9.17, 15) is 9.59 Å². The van der Waals surface area contributed by atoms with Crippen LogP contribution in [0.1, 0.15) is 67.6 Å². The first-order valence-corrected chi connectivity index (χ1v) is 13.0. The first kappa shape index (κ1) is 23.5. The second kappa shape index (κ2) is 8.32. The van der Waals surface area contributed by atoms with Crippen molar-refractivity contribution in [2.24, 2.45) is 0 Å². The van der Waals surface area contributed by atoms with Crippen LogP contribution in [0.4, 0.5) is 5.69 Å². The largest absolute Gasteiger partial charge is 0.494 e. The quantitative estimate of drug-likeness (QED) is 0.313. The molecule has 0 N–H and O–H groups in total. The third-order valence-corrected chi connectivity index (χ3v) is 8.39. The summed E-state index contributed by atoms with van der Waals surface area (Å²) in [6.07, 6.45) is 4.24. The van der Waals surface area contributed by atoms with Crippen LogP contribution in [0.5, 0.6) is 0 Å². The average molecular weight is 485 g/mol. The average Bonchev–Trinajstić information content (AvgIpc) is 3.06. The van der Waals surface area contributed by atoms with Crippen molar-refractivity contribution in [2.45, 2.75) is 71.0 Å². The van der Waals surface area contributed by atoms with Gasteiger partial charge in [0, 0.05) is 36.1 Å². The minimum absolute atomic E-state index is 0.119. The van der Waals surface area contributed by atoms with E-state index in [1.54, 1.807) is 6.07 Å². The Hall–Kier alpha value is -2.90. The maximum absolute atomic E-state index is 13.2. The van der Waals surface area contributed by atoms with Crippen molar-refractivity contribution >= 4 is 35.0 Å². The molecule has 1 aromatic heterocycles. The maximum Gasteiger partial charge on any atom is 0.494 e. The van der Waals surface area contributed by atoms with E-state index in [1.807, 2.05) is 52.0 Å². The van der Waals surface area contributed by atoms with E-state index in [-0.39, 0.29) is 17.8 Å². The van der Waals surface area contributed by atoms with Gasteiger partial charge in [0.25, 0.3) is 0 Å². The van der Waals surface area contributed by atoms with E-state index in [0.717, 1.165) is 60.7 Å². The van der Waals surface area contributed by atoms with Gasteiger partial charge in [0.2, 0.25) is 0 Å². The Morgan fingerprint density at radius 1 is 0.972 bits per heavy atom. The van der Waals surface area contributed by atoms with Gasteiger partial charge in [-0.2, -0.15) is 0 Å². The SMILES string of the molecule is CC1(C)OB(c2ccc(CC(=O)c3cc4cc5c6c(c4oc3=O)CCCN6CCC5)cc2)OC1(C)C. The number of Topliss-reactive ketones (excluding diaryl/α,β-unsaturated/α-hetero) is 1. The summed E-state index contributed by atoms with van der Waals surface area (Å²) in [7, 11) is -0.449. The van der Waals surface area contributed by atoms with Crippen LogP contribution in [0.15, 0.2) is 45.6 Å². The summed E-state index contributed by atoms with van der Waals surface area (Å²) in [4.78, 5) is 28.5. The maximum atomic E-state index is 13.2. The van der Waals surface area contributed by atoms with Gasteiger partial charge in [-0.05, 0) is 82.1 Å². The van der Waals surface area contributed by atoms with Crippen LogP contribution in [0.25, 0.3) is 11.0 Å². The Kier molecular flexibility index (Phi) is 5.43. The smallest absolute Gasteiger partial charge is 0.422 e. The number of hydrogen-bond donors (Lipinski definition) is 0. The Morgan fingerprint density at radius 2 is 1.64 bits per heavy atom. The van der Waals surface area contributed by atoms with Crippen molar-refractivity contribution < 1.29 is 18.5 Å². The van der Waals surface area contributed by atoms with Crippen LogP contribution < -0.4 is 16.0 Å². The molecule has 36 heavy (non-hydrogen) atoms. The fraction of sp³-hybridized carbons (Fsp3) is 0.448. The molecule has 0 bridgehead atoms. The predicted molar refractivity (Wildman–Crippen MR) is 142 cm³/mol. The first-order chi connectivity index (χ1) is 17.1. The van der Waals surface area contributed by atoms with E-state index in [2.05, 4.69) is 11.0 Å². The monoisotopic (exact) mass is 485 g/mol. The highest BCUT2D eigenvalue weighted by Gasteiger charge is 2.51. The molecule has 6 nitrogen and oxygen atoms in total. The summed E-state index contributed by atoms with van der Waals surface area (Å²) < 4.78 is 18.1. The van der Waals surface area contributed by atoms with Gasteiger partial charge in [-0.25, -0.2) is 4.79 Å². The van der Waals surface area contributed by atoms with Crippen LogP contribution in [0.2, 0.25) is 0 Å². The number of anilines is 1. The van der Waals surface area contributed by atoms with Crippen LogP contribution >= 0.6 is 0 Å². The van der Waals surface area contributed by atoms with Crippen LogP contribution in [-0.4, -0.2) is 37.2 Å². The molecule has 3 aliphatic rings. The molecule has 3 aliphatic heterocycles. The van der Waals surface area contributed by atoms with Gasteiger partial charge in [-0.15, -0.1) is 0 Å². The number of nitrogens with zero attached hydrogens (tertiary/aromatic N) is 1. The van der Waals surface area contributed by atoms with Gasteiger partial charge in [-0.3, -0.25) is 4.79 Å². The van der Waals surface area contributed by atoms with Crippen LogP contribution in [0, 0.1) is 0 Å². The lowest BCUT2D eigenvalue weighted by Crippen LogP contribution is -2.41. The molecule has 6 rings (SSSR count). The summed E-state index contributed by atoms with van der Waals surface area (Å²) >= 11 is 0. The molecular weight excluding hydrogens is 453 g/mol. The molecule has 7 heteroatoms. The summed E-state index contributed by atoms with van der Waals surface area (Å²) in [5.74, 6) is -0.234. The van der Waals surface area contributed by atoms with Gasteiger partial charge in [0.05, 0.1) is 11.2 Å². The summed E-state index contributed by atoms with van der Waals surface area (Å²) in [6, 6.07) is 11.5. The summed E-state index contributed by atoms with van der Waals surface area (Å²) in [5.41, 5.74) is 4.81. The standard InChI is InChI=1S/C29H32BNO5/c1-28(2)29(3,4)36-30(35-28)21-11-9-18(10-12-21)15-24(32)23-17-20-16-19-7-5-13-31-14-6-8-22(25(19)31)26(20)34-27(23)33/h9-12,16-17H,5-8,13-15H2,1-4H3. The number of rotatable bonds is 4. The van der Waals surface area contributed by atoms with Gasteiger partial charge >= 0.3 is 12.7 Å². The van der Waals surface area contributed by atoms with Crippen molar-refractivity contribution in [2.75, 3.05) is 18.0 Å². The molecule has 1 saturated heterocycles. The highest BCUT2D eigenvalue weighted by Crippen LogP contribution is 2.40. The fourth-order valence-electron chi connectivity index (χ4n) is 5.69. The lowest BCUT2D eigenvalue weighted by Gasteiger charge is -2.37. The number of carbonyl (C=O) groups excluding carboxylic acids is 1. The Bertz CT molecular complexity index is 1400. The highest BCUT2D eigenvalue weighted by molar-refractivity contribution is 6.62. The molecule has 3 aromatic rings. The highest BCUT2D eigenvalue weighted by atomic mass is 16.7. The fourth-order valence-corrected chi connectivity index (χ4v) is 5.69. The zero-order valence-electron chi connectivity index (χ0n) is 21.5. The molecule has 4 heterocycles. The number of carbonyl (C=O) groups is 1. The molecule has 0 spiro atoms. The molecule has 186 valence electrons. The lowest BCUT2D eigenvalue weighted by molar-refractivity contribution is 0.00578. The number of ketones is 1. The molecule has 0 amide bonds. The number of hydrogen-bond acceptors (Lipinski definition) is 6. The normalized spacial score (nSPS) is 20.0. The molecule has 0 saturated carbocycles. The van der Waals surface area contributed by atoms with Crippen molar-refractivity contribution in [1.82, 2.24) is 0 Å². The molecule has 0 radical (unpaired) electrons. The van der Waals surface area contributed by atoms with Crippen molar-refractivity contribution in [3.63, 3.8) is 0 Å². The number of fused-ring (bicyclic) bond motifs is 2. The van der Waals surface area contributed by atoms with E-state index >= 15 is 0 Å². The van der Waals surface area contributed by atoms with Gasteiger partial charge in [0.1, 0.15) is 11.1 Å². The van der Waals surface area contributed by atoms with E-state index in [1.165, 1.54) is 11.3 Å². The first-order valence-electron chi connectivity index (χ1n) is 13.0. The van der Waals surface area contributed by atoms with Crippen LogP contribution in [-0.2, 0) is 28.6 Å². The van der Waals surface area contributed by atoms with E-state index < -0.39 is 23.9 Å². The minimum Gasteiger partial charge on any atom is -0.422 e. The molecule has 0 atom stereocenters. The van der Waals surface area contributed by atoms with Crippen molar-refractivity contribution in [3.8, 4) is 0 Å². The van der Waals surface area contributed by atoms with Gasteiger partial charge in [0.15, 0.2) is 5.78 Å². The molecule has 0 aliphatic carbocycles. The van der Waals surface area contributed by atoms with Gasteiger partial charge in [-0.1, -0.05) is 24.3 Å². The Balaban J connectivity index is 1.26. The predicted octanol–water partition coefficient (Wildman–Crippen LogP) is 4.22. The third-order valence-electron chi connectivity index (χ3n) is 8.39. The molecule has 1 fully saturated rings. The molecule has 0 unspecified atom stereocenters. The second-order valence-electron chi connectivity index (χ2n) is 11.4. The van der Waals surface area contributed by atoms with Crippen LogP contribution in [0.3, 0.4) is 0 Å². The third kappa shape index (κ3) is 3.80. The van der Waals surface area contributed by atoms with Crippen molar-refractivity contribution in [1.29, 1.82) is 0 Å². The molecular formula is C29H32BNO5. The zero-order chi connectivity index (χ0) is 25.2. The Labute approximate surface area is 211 Å². The van der Waals surface area contributed by atoms with E-state index in [4.69, 9.17) is 13.7 Å². The number of benzene rings is 2. The summed E-state index contributed by atoms with van der Waals surface area (Å²) in [5, 5.41) is 0.853. The zero-order valence-corrected chi connectivity index (χ0v) is 21.5. The minimum atomic E-state index is -0.550. The number of aryl methyl sites for hydroxylation is 2. The van der Waals surface area contributed by atoms with Crippen molar-refractivity contribution in [3.05, 3.63) is 69.1 Å². The second-order valence-corrected chi connectivity index (χ2v) is 11.4. The lowest BCUT2D eigenvalue weighted by atomic mass is 9.78. The molecule has 2 aromatic carbocycles. The van der Waals surface area contributed by atoms with Gasteiger partial charge < -0.3 is 18.6 Å². The van der Waals surface area contributed by atoms with E-state index in [0.29, 0.717) is 5.58 Å². The Morgan fingerprint density at radius 3 is 2.33 bits per heavy atom.